The van der Waals surface area contributed by atoms with E-state index in [0.717, 1.165) is 145 Å². The molecule has 10 nitrogen and oxygen atoms in total. The average Bonchev–Trinajstić information content (AvgIpc) is 3.10. The fourth-order valence-electron chi connectivity index (χ4n) is 8.86. The van der Waals surface area contributed by atoms with E-state index in [0.29, 0.717) is 11.5 Å². The Hall–Kier alpha value is -2.86. The summed E-state index contributed by atoms with van der Waals surface area (Å²) in [4.78, 5) is 10.2. The predicted molar refractivity (Wildman–Crippen MR) is 221 cm³/mol. The second-order valence-corrected chi connectivity index (χ2v) is 18.8. The van der Waals surface area contributed by atoms with Crippen LogP contribution in [0, 0.1) is 13.8 Å². The Balaban J connectivity index is 1.22. The topological polar surface area (TPSA) is 83.6 Å². The monoisotopic (exact) mass is 751 g/mol. The maximum Gasteiger partial charge on any atom is 0.127 e. The highest BCUT2D eigenvalue weighted by Gasteiger charge is 2.29. The zero-order valence-corrected chi connectivity index (χ0v) is 35.2. The van der Waals surface area contributed by atoms with Gasteiger partial charge in [0.2, 0.25) is 0 Å². The van der Waals surface area contributed by atoms with Gasteiger partial charge >= 0.3 is 0 Å². The number of rotatable bonds is 16. The van der Waals surface area contributed by atoms with Crippen LogP contribution < -0.4 is 0 Å². The minimum atomic E-state index is 0.0354. The number of aryl methyl sites for hydroxylation is 2. The van der Waals surface area contributed by atoms with E-state index in [1.165, 1.54) is 37.1 Å². The lowest BCUT2D eigenvalue weighted by Crippen LogP contribution is -2.53. The Morgan fingerprint density at radius 1 is 0.648 bits per heavy atom. The van der Waals surface area contributed by atoms with E-state index in [1.54, 1.807) is 0 Å². The second-order valence-electron chi connectivity index (χ2n) is 18.8. The number of benzene rings is 2. The first kappa shape index (κ1) is 42.3. The number of hydrogen-bond donors (Lipinski definition) is 2. The molecule has 2 aliphatic heterocycles. The van der Waals surface area contributed by atoms with Crippen LogP contribution in [0.1, 0.15) is 71.9 Å². The number of likely N-dealkylation sites (N-methyl/N-ethyl adjacent to an activating group) is 2. The van der Waals surface area contributed by atoms with E-state index in [2.05, 4.69) is 66.6 Å². The van der Waals surface area contributed by atoms with Crippen molar-refractivity contribution in [1.82, 2.24) is 0 Å². The minimum Gasteiger partial charge on any atom is -0.507 e. The van der Waals surface area contributed by atoms with E-state index in [1.807, 2.05) is 26.3 Å². The van der Waals surface area contributed by atoms with Crippen LogP contribution in [0.3, 0.4) is 0 Å². The molecule has 0 spiro atoms. The molecule has 1 saturated carbocycles. The molecule has 3 aliphatic rings. The summed E-state index contributed by atoms with van der Waals surface area (Å²) >= 11 is 0. The maximum absolute atomic E-state index is 11.1. The highest BCUT2D eigenvalue weighted by Crippen LogP contribution is 2.29. The van der Waals surface area contributed by atoms with Crippen LogP contribution in [-0.2, 0) is 22.6 Å². The smallest absolute Gasteiger partial charge is 0.127 e. The molecule has 2 aromatic rings. The summed E-state index contributed by atoms with van der Waals surface area (Å²) in [6, 6.07) is 8.58. The van der Waals surface area contributed by atoms with E-state index in [4.69, 9.17) is 19.5 Å². The largest absolute Gasteiger partial charge is 0.507 e. The van der Waals surface area contributed by atoms with Crippen LogP contribution >= 0.6 is 0 Å². The van der Waals surface area contributed by atoms with Crippen LogP contribution in [0.25, 0.3) is 0 Å². The molecule has 2 atom stereocenters. The van der Waals surface area contributed by atoms with E-state index in [-0.39, 0.29) is 12.1 Å². The molecule has 1 aliphatic carbocycles. The van der Waals surface area contributed by atoms with Gasteiger partial charge in [-0.1, -0.05) is 12.8 Å². The van der Waals surface area contributed by atoms with Crippen LogP contribution in [0.2, 0.25) is 0 Å². The third kappa shape index (κ3) is 12.3. The van der Waals surface area contributed by atoms with Crippen molar-refractivity contribution in [2.24, 2.45) is 9.98 Å². The van der Waals surface area contributed by atoms with Crippen LogP contribution in [0.15, 0.2) is 34.3 Å². The van der Waals surface area contributed by atoms with Gasteiger partial charge in [0.15, 0.2) is 0 Å². The highest BCUT2D eigenvalue weighted by atomic mass is 16.5. The summed E-state index contributed by atoms with van der Waals surface area (Å²) in [5.74, 6) is 0.618. The average molecular weight is 751 g/mol. The van der Waals surface area contributed by atoms with Crippen molar-refractivity contribution in [3.63, 3.8) is 0 Å². The van der Waals surface area contributed by atoms with Gasteiger partial charge < -0.3 is 37.6 Å². The lowest BCUT2D eigenvalue weighted by atomic mass is 9.91. The third-order valence-corrected chi connectivity index (χ3v) is 12.5. The SMILES string of the molecule is Cc1cc(C[N+](C)(C)CCC[N+]2(C)CCOCC2)cc(C=N[C@@H]2CCCC[C@H]2N=Cc2cc(C[N+](C)(C)CCC[N+]3(C)CCOCC3)cc(C)c2O)c1O. The number of phenols is 2. The van der Waals surface area contributed by atoms with E-state index < -0.39 is 0 Å². The first-order valence-electron chi connectivity index (χ1n) is 20.7. The van der Waals surface area contributed by atoms with Crippen molar-refractivity contribution in [2.75, 3.05) is 121 Å². The lowest BCUT2D eigenvalue weighted by Gasteiger charge is -2.38. The highest BCUT2D eigenvalue weighted by molar-refractivity contribution is 5.85. The van der Waals surface area contributed by atoms with Crippen molar-refractivity contribution in [2.45, 2.75) is 77.5 Å². The summed E-state index contributed by atoms with van der Waals surface area (Å²) in [6.07, 6.45) is 10.3. The summed E-state index contributed by atoms with van der Waals surface area (Å²) in [5, 5.41) is 22.2. The maximum atomic E-state index is 11.1. The number of hydrogen-bond acceptors (Lipinski definition) is 6. The molecule has 0 aromatic heterocycles. The Morgan fingerprint density at radius 2 is 1.02 bits per heavy atom. The summed E-state index contributed by atoms with van der Waals surface area (Å²) < 4.78 is 15.2. The number of aliphatic imine (C=N–C) groups is 2. The van der Waals surface area contributed by atoms with Gasteiger partial charge in [-0.15, -0.1) is 0 Å². The number of morpholine rings is 2. The Morgan fingerprint density at radius 3 is 1.39 bits per heavy atom. The number of quaternary nitrogens is 4. The zero-order chi connectivity index (χ0) is 39.0. The molecular weight excluding hydrogens is 677 g/mol. The van der Waals surface area contributed by atoms with Crippen molar-refractivity contribution >= 4 is 12.4 Å². The van der Waals surface area contributed by atoms with Crippen LogP contribution in [0.5, 0.6) is 11.5 Å². The molecular formula is C44H74N6O4+4. The van der Waals surface area contributed by atoms with E-state index >= 15 is 0 Å². The number of phenolic OH excluding ortho intramolecular Hbond substituents is 2. The van der Waals surface area contributed by atoms with Gasteiger partial charge in [-0.05, 0) is 62.1 Å². The van der Waals surface area contributed by atoms with Gasteiger partial charge in [0.05, 0.1) is 107 Å². The molecule has 5 rings (SSSR count). The van der Waals surface area contributed by atoms with Crippen LogP contribution in [-0.4, -0.2) is 174 Å². The fraction of sp³-hybridized carbons (Fsp3) is 0.682. The number of aromatic hydroxyl groups is 2. The van der Waals surface area contributed by atoms with Crippen molar-refractivity contribution in [3.05, 3.63) is 57.6 Å². The molecule has 2 N–H and O–H groups in total. The fourth-order valence-corrected chi connectivity index (χ4v) is 8.86. The quantitative estimate of drug-likeness (QED) is 0.177. The lowest BCUT2D eigenvalue weighted by molar-refractivity contribution is -0.929. The molecule has 0 unspecified atom stereocenters. The minimum absolute atomic E-state index is 0.0354. The van der Waals surface area contributed by atoms with Gasteiger partial charge in [0, 0.05) is 47.5 Å². The second kappa shape index (κ2) is 18.4. The molecule has 10 heteroatoms. The van der Waals surface area contributed by atoms with Gasteiger partial charge in [-0.25, -0.2) is 0 Å². The molecule has 0 bridgehead atoms. The Labute approximate surface area is 327 Å². The molecule has 0 radical (unpaired) electrons. The van der Waals surface area contributed by atoms with Crippen molar-refractivity contribution in [1.29, 1.82) is 0 Å². The summed E-state index contributed by atoms with van der Waals surface area (Å²) in [7, 11) is 14.0. The summed E-state index contributed by atoms with van der Waals surface area (Å²) in [6.45, 7) is 18.2. The Bertz CT molecular complexity index is 1470. The number of ether oxygens (including phenoxy) is 2. The zero-order valence-electron chi connectivity index (χ0n) is 35.2. The van der Waals surface area contributed by atoms with Gasteiger partial charge in [-0.2, -0.15) is 0 Å². The first-order valence-corrected chi connectivity index (χ1v) is 20.7. The molecule has 0 amide bonds. The first-order chi connectivity index (χ1) is 25.5. The Kier molecular flexibility index (Phi) is 14.4. The molecule has 3 fully saturated rings. The molecule has 54 heavy (non-hydrogen) atoms. The third-order valence-electron chi connectivity index (χ3n) is 12.5. The van der Waals surface area contributed by atoms with Gasteiger partial charge in [0.1, 0.15) is 50.8 Å². The standard InChI is InChI=1S/C44H72N6O4/c1-35-27-37(33-47(3,4)15-11-17-49(7)19-23-53-24-20-49)29-39(43(35)51)31-45-41-13-9-10-14-42(41)46-32-40-30-38(28-36(2)44(40)52)34-48(5,6)16-12-18-50(8)21-25-54-26-22-50/h27-32,41-42H,9-26,33-34H2,1-8H3/q+2/p+2/t41-,42-/m1/s1. The van der Waals surface area contributed by atoms with Gasteiger partial charge in [0.25, 0.3) is 0 Å². The normalized spacial score (nSPS) is 22.3. The van der Waals surface area contributed by atoms with Crippen LogP contribution in [0.4, 0.5) is 0 Å². The molecule has 2 heterocycles. The molecule has 2 aromatic carbocycles. The number of nitrogens with zero attached hydrogens (tertiary/aromatic N) is 6. The van der Waals surface area contributed by atoms with E-state index in [9.17, 15) is 10.2 Å². The summed E-state index contributed by atoms with van der Waals surface area (Å²) in [5.41, 5.74) is 5.79. The molecule has 300 valence electrons. The molecule has 2 saturated heterocycles. The van der Waals surface area contributed by atoms with Crippen molar-refractivity contribution in [3.8, 4) is 11.5 Å². The van der Waals surface area contributed by atoms with Crippen molar-refractivity contribution < 1.29 is 37.6 Å². The predicted octanol–water partition coefficient (Wildman–Crippen LogP) is 5.45. The van der Waals surface area contributed by atoms with Gasteiger partial charge in [-0.3, -0.25) is 9.98 Å².